The van der Waals surface area contributed by atoms with Crippen molar-refractivity contribution in [1.82, 2.24) is 4.90 Å². The highest BCUT2D eigenvalue weighted by Crippen LogP contribution is 2.24. The summed E-state index contributed by atoms with van der Waals surface area (Å²) in [6.45, 7) is -1.46. The zero-order valence-corrected chi connectivity index (χ0v) is 16.4. The van der Waals surface area contributed by atoms with Crippen molar-refractivity contribution in [2.75, 3.05) is 18.4 Å². The maximum absolute atomic E-state index is 12.7. The van der Waals surface area contributed by atoms with Gasteiger partial charge in [-0.1, -0.05) is 23.7 Å². The Morgan fingerprint density at radius 1 is 1.10 bits per heavy atom. The molecular formula is C21H21ClF2N2O3. The van der Waals surface area contributed by atoms with E-state index in [1.807, 2.05) is 0 Å². The number of nitrogens with one attached hydrogen (secondary N) is 1. The number of aryl methyl sites for hydroxylation is 1. The molecule has 3 rings (SSSR count). The number of carbonyl (C=O) groups is 2. The van der Waals surface area contributed by atoms with Crippen LogP contribution >= 0.6 is 11.6 Å². The Morgan fingerprint density at radius 3 is 2.45 bits per heavy atom. The van der Waals surface area contributed by atoms with Gasteiger partial charge in [-0.3, -0.25) is 9.59 Å². The standard InChI is InChI=1S/C21H21ClF2N2O3/c22-15-6-9-17(20(28)26-11-1-2-12-26)18(13-15)25-19(27)10-5-14-3-7-16(8-4-14)29-21(23)24/h3-4,6-9,13,21H,1-2,5,10-12H2,(H,25,27). The van der Waals surface area contributed by atoms with Gasteiger partial charge in [-0.25, -0.2) is 0 Å². The van der Waals surface area contributed by atoms with Crippen LogP contribution in [0.1, 0.15) is 35.2 Å². The minimum absolute atomic E-state index is 0.0668. The summed E-state index contributed by atoms with van der Waals surface area (Å²) in [5.74, 6) is -0.322. The minimum atomic E-state index is -2.87. The first-order chi connectivity index (χ1) is 13.9. The van der Waals surface area contributed by atoms with Crippen LogP contribution in [0.5, 0.6) is 5.75 Å². The molecule has 0 bridgehead atoms. The summed E-state index contributed by atoms with van der Waals surface area (Å²) >= 11 is 6.05. The molecule has 1 fully saturated rings. The van der Waals surface area contributed by atoms with E-state index >= 15 is 0 Å². The lowest BCUT2D eigenvalue weighted by atomic mass is 10.1. The van der Waals surface area contributed by atoms with Crippen molar-refractivity contribution in [3.63, 3.8) is 0 Å². The van der Waals surface area contributed by atoms with Crippen LogP contribution in [0.2, 0.25) is 5.02 Å². The summed E-state index contributed by atoms with van der Waals surface area (Å²) in [6, 6.07) is 11.0. The molecule has 5 nitrogen and oxygen atoms in total. The van der Waals surface area contributed by atoms with Gasteiger partial charge in [0.1, 0.15) is 5.75 Å². The van der Waals surface area contributed by atoms with Gasteiger partial charge in [-0.05, 0) is 55.2 Å². The molecule has 1 aliphatic rings. The number of hydrogen-bond acceptors (Lipinski definition) is 3. The van der Waals surface area contributed by atoms with Crippen LogP contribution in [0.25, 0.3) is 0 Å². The van der Waals surface area contributed by atoms with Crippen molar-refractivity contribution in [3.05, 3.63) is 58.6 Å². The molecule has 0 unspecified atom stereocenters. The minimum Gasteiger partial charge on any atom is -0.435 e. The molecule has 2 aromatic rings. The highest BCUT2D eigenvalue weighted by atomic mass is 35.5. The maximum Gasteiger partial charge on any atom is 0.387 e. The predicted molar refractivity (Wildman–Crippen MR) is 107 cm³/mol. The van der Waals surface area contributed by atoms with E-state index in [9.17, 15) is 18.4 Å². The second kappa shape index (κ2) is 9.69. The fourth-order valence-corrected chi connectivity index (χ4v) is 3.38. The lowest BCUT2D eigenvalue weighted by molar-refractivity contribution is -0.116. The van der Waals surface area contributed by atoms with Gasteiger partial charge in [-0.15, -0.1) is 0 Å². The van der Waals surface area contributed by atoms with Crippen LogP contribution < -0.4 is 10.1 Å². The van der Waals surface area contributed by atoms with Gasteiger partial charge < -0.3 is 15.0 Å². The third kappa shape index (κ3) is 5.90. The van der Waals surface area contributed by atoms with Crippen molar-refractivity contribution in [2.45, 2.75) is 32.3 Å². The quantitative estimate of drug-likeness (QED) is 0.700. The highest BCUT2D eigenvalue weighted by molar-refractivity contribution is 6.31. The average molecular weight is 423 g/mol. The fourth-order valence-electron chi connectivity index (χ4n) is 3.21. The first-order valence-electron chi connectivity index (χ1n) is 9.35. The highest BCUT2D eigenvalue weighted by Gasteiger charge is 2.22. The van der Waals surface area contributed by atoms with Crippen LogP contribution in [-0.2, 0) is 11.2 Å². The van der Waals surface area contributed by atoms with E-state index in [4.69, 9.17) is 11.6 Å². The molecule has 2 aromatic carbocycles. The largest absolute Gasteiger partial charge is 0.435 e. The number of hydrogen-bond donors (Lipinski definition) is 1. The van der Waals surface area contributed by atoms with E-state index in [-0.39, 0.29) is 24.0 Å². The summed E-state index contributed by atoms with van der Waals surface area (Å²) in [5, 5.41) is 3.19. The SMILES string of the molecule is O=C(CCc1ccc(OC(F)F)cc1)Nc1cc(Cl)ccc1C(=O)N1CCCC1. The molecule has 1 N–H and O–H groups in total. The molecule has 29 heavy (non-hydrogen) atoms. The number of anilines is 1. The monoisotopic (exact) mass is 422 g/mol. The fraction of sp³-hybridized carbons (Fsp3) is 0.333. The molecule has 0 spiro atoms. The molecule has 1 aliphatic heterocycles. The van der Waals surface area contributed by atoms with Crippen molar-refractivity contribution < 1.29 is 23.1 Å². The third-order valence-corrected chi connectivity index (χ3v) is 4.90. The van der Waals surface area contributed by atoms with Crippen LogP contribution in [0.3, 0.4) is 0 Å². The van der Waals surface area contributed by atoms with Gasteiger partial charge in [0.15, 0.2) is 0 Å². The molecule has 0 saturated carbocycles. The zero-order valence-electron chi connectivity index (χ0n) is 15.7. The van der Waals surface area contributed by atoms with E-state index in [0.29, 0.717) is 35.8 Å². The van der Waals surface area contributed by atoms with Crippen molar-refractivity contribution >= 4 is 29.1 Å². The van der Waals surface area contributed by atoms with E-state index in [0.717, 1.165) is 18.4 Å². The van der Waals surface area contributed by atoms with Gasteiger partial charge in [0.05, 0.1) is 11.3 Å². The molecule has 0 atom stereocenters. The Labute approximate surface area is 172 Å². The van der Waals surface area contributed by atoms with Crippen LogP contribution in [0.4, 0.5) is 14.5 Å². The first kappa shape index (κ1) is 21.0. The number of rotatable bonds is 7. The topological polar surface area (TPSA) is 58.6 Å². The molecule has 1 heterocycles. The molecule has 0 aliphatic carbocycles. The normalized spacial score (nSPS) is 13.6. The van der Waals surface area contributed by atoms with Crippen LogP contribution in [0, 0.1) is 0 Å². The second-order valence-electron chi connectivity index (χ2n) is 6.76. The number of amides is 2. The summed E-state index contributed by atoms with van der Waals surface area (Å²) in [7, 11) is 0. The molecule has 0 radical (unpaired) electrons. The molecule has 1 saturated heterocycles. The van der Waals surface area contributed by atoms with Gasteiger partial charge in [0.2, 0.25) is 5.91 Å². The number of halogens is 3. The second-order valence-corrected chi connectivity index (χ2v) is 7.20. The van der Waals surface area contributed by atoms with Crippen molar-refractivity contribution in [1.29, 1.82) is 0 Å². The average Bonchev–Trinajstić information content (AvgIpc) is 3.21. The van der Waals surface area contributed by atoms with E-state index in [1.165, 1.54) is 12.1 Å². The molecule has 0 aromatic heterocycles. The predicted octanol–water partition coefficient (Wildman–Crippen LogP) is 4.75. The Hall–Kier alpha value is -2.67. The van der Waals surface area contributed by atoms with Crippen molar-refractivity contribution in [2.24, 2.45) is 0 Å². The number of alkyl halides is 2. The number of nitrogens with zero attached hydrogens (tertiary/aromatic N) is 1. The lowest BCUT2D eigenvalue weighted by Crippen LogP contribution is -2.28. The molecule has 8 heteroatoms. The first-order valence-corrected chi connectivity index (χ1v) is 9.72. The zero-order chi connectivity index (χ0) is 20.8. The Morgan fingerprint density at radius 2 is 1.79 bits per heavy atom. The van der Waals surface area contributed by atoms with E-state index < -0.39 is 6.61 Å². The molecular weight excluding hydrogens is 402 g/mol. The van der Waals surface area contributed by atoms with E-state index in [2.05, 4.69) is 10.1 Å². The number of likely N-dealkylation sites (tertiary alicyclic amines) is 1. The van der Waals surface area contributed by atoms with Gasteiger partial charge in [0.25, 0.3) is 5.91 Å². The van der Waals surface area contributed by atoms with Crippen LogP contribution in [-0.4, -0.2) is 36.4 Å². The summed E-state index contributed by atoms with van der Waals surface area (Å²) < 4.78 is 28.7. The van der Waals surface area contributed by atoms with Gasteiger partial charge in [-0.2, -0.15) is 8.78 Å². The molecule has 2 amide bonds. The Bertz CT molecular complexity index is 869. The third-order valence-electron chi connectivity index (χ3n) is 4.67. The number of carbonyl (C=O) groups excluding carboxylic acids is 2. The van der Waals surface area contributed by atoms with E-state index in [1.54, 1.807) is 35.2 Å². The summed E-state index contributed by atoms with van der Waals surface area (Å²) in [5.41, 5.74) is 1.61. The molecule has 154 valence electrons. The van der Waals surface area contributed by atoms with Crippen molar-refractivity contribution in [3.8, 4) is 5.75 Å². The smallest absolute Gasteiger partial charge is 0.387 e. The summed E-state index contributed by atoms with van der Waals surface area (Å²) in [6.07, 6.45) is 2.53. The number of benzene rings is 2. The van der Waals surface area contributed by atoms with Gasteiger partial charge in [0, 0.05) is 24.5 Å². The number of ether oxygens (including phenoxy) is 1. The van der Waals surface area contributed by atoms with Gasteiger partial charge >= 0.3 is 6.61 Å². The Balaban J connectivity index is 1.61. The maximum atomic E-state index is 12.7. The lowest BCUT2D eigenvalue weighted by Gasteiger charge is -2.18. The summed E-state index contributed by atoms with van der Waals surface area (Å²) in [4.78, 5) is 26.9. The van der Waals surface area contributed by atoms with Crippen LogP contribution in [0.15, 0.2) is 42.5 Å². The Kier molecular flexibility index (Phi) is 7.04.